The molecule has 0 aliphatic carbocycles. The first-order valence-corrected chi connectivity index (χ1v) is 8.15. The van der Waals surface area contributed by atoms with Crippen LogP contribution in [-0.2, 0) is 4.87 Å². The van der Waals surface area contributed by atoms with Gasteiger partial charge in [0.05, 0.1) is 0 Å². The molecule has 0 saturated carbocycles. The van der Waals surface area contributed by atoms with Crippen molar-refractivity contribution in [3.8, 4) is 0 Å². The molecule has 1 aromatic carbocycles. The third-order valence-corrected chi connectivity index (χ3v) is 5.78. The van der Waals surface area contributed by atoms with Crippen LogP contribution in [0.1, 0.15) is 48.5 Å². The first-order valence-electron chi connectivity index (χ1n) is 6.96. The zero-order valence-corrected chi connectivity index (χ0v) is 14.8. The summed E-state index contributed by atoms with van der Waals surface area (Å²) in [5, 5.41) is 0.837. The van der Waals surface area contributed by atoms with E-state index in [1.54, 1.807) is 0 Å². The number of benzene rings is 1. The van der Waals surface area contributed by atoms with Gasteiger partial charge in [-0.15, -0.1) is 17.0 Å². The Labute approximate surface area is 140 Å². The van der Waals surface area contributed by atoms with Gasteiger partial charge in [0.15, 0.2) is 0 Å². The van der Waals surface area contributed by atoms with Gasteiger partial charge in [-0.05, 0) is 50.0 Å². The molecule has 5 heteroatoms. The van der Waals surface area contributed by atoms with Gasteiger partial charge >= 0.3 is 0 Å². The van der Waals surface area contributed by atoms with Crippen LogP contribution in [-0.4, -0.2) is 23.1 Å². The normalized spacial score (nSPS) is 25.0. The number of fused-ring (bicyclic) bond motifs is 2. The summed E-state index contributed by atoms with van der Waals surface area (Å²) < 4.78 is 0. The van der Waals surface area contributed by atoms with Crippen LogP contribution in [0.5, 0.6) is 0 Å². The molecular formula is C15H19BrClNOS. The number of likely N-dealkylation sites (tertiary alicyclic amines) is 1. The number of rotatable bonds is 3. The van der Waals surface area contributed by atoms with Crippen LogP contribution >= 0.6 is 40.3 Å². The number of thioether (sulfide) groups is 1. The Bertz CT molecular complexity index is 525. The number of unbranched alkanes of at least 4 members (excludes halogenated alkanes) is 1. The van der Waals surface area contributed by atoms with E-state index in [2.05, 4.69) is 17.9 Å². The Hall–Kier alpha value is -0.0300. The summed E-state index contributed by atoms with van der Waals surface area (Å²) in [5.41, 5.74) is 2.00. The number of hydrogen-bond acceptors (Lipinski definition) is 3. The molecule has 2 aliphatic rings. The molecule has 1 unspecified atom stereocenters. The van der Waals surface area contributed by atoms with Crippen molar-refractivity contribution >= 4 is 45.5 Å². The van der Waals surface area contributed by atoms with Crippen LogP contribution in [0.3, 0.4) is 0 Å². The number of hydrogen-bond donors (Lipinski definition) is 0. The van der Waals surface area contributed by atoms with Gasteiger partial charge in [-0.25, -0.2) is 0 Å². The van der Waals surface area contributed by atoms with Crippen molar-refractivity contribution in [3.63, 3.8) is 0 Å². The summed E-state index contributed by atoms with van der Waals surface area (Å²) in [5.74, 6) is 0. The molecule has 2 heterocycles. The van der Waals surface area contributed by atoms with Gasteiger partial charge in [0.25, 0.3) is 0 Å². The maximum absolute atomic E-state index is 12.3. The van der Waals surface area contributed by atoms with Gasteiger partial charge in [0.1, 0.15) is 4.87 Å². The largest absolute Gasteiger partial charge is 0.285 e. The summed E-state index contributed by atoms with van der Waals surface area (Å²) in [4.78, 5) is 14.7. The highest BCUT2D eigenvalue weighted by Crippen LogP contribution is 2.55. The van der Waals surface area contributed by atoms with E-state index in [9.17, 15) is 4.79 Å². The lowest BCUT2D eigenvalue weighted by Crippen LogP contribution is -2.37. The third kappa shape index (κ3) is 2.56. The van der Waals surface area contributed by atoms with Crippen molar-refractivity contribution in [1.82, 2.24) is 4.90 Å². The molecule has 2 aliphatic heterocycles. The van der Waals surface area contributed by atoms with Gasteiger partial charge in [-0.2, -0.15) is 0 Å². The van der Waals surface area contributed by atoms with E-state index in [1.165, 1.54) is 36.6 Å². The second kappa shape index (κ2) is 6.39. The van der Waals surface area contributed by atoms with Gasteiger partial charge in [0, 0.05) is 10.6 Å². The lowest BCUT2D eigenvalue weighted by atomic mass is 9.98. The first-order chi connectivity index (χ1) is 9.17. The Morgan fingerprint density at radius 1 is 1.45 bits per heavy atom. The van der Waals surface area contributed by atoms with Crippen molar-refractivity contribution in [3.05, 3.63) is 34.3 Å². The fourth-order valence-corrected chi connectivity index (χ4v) is 4.80. The minimum Gasteiger partial charge on any atom is -0.285 e. The minimum absolute atomic E-state index is 0. The standard InChI is InChI=1S/C15H18ClNOS.BrH/c1-2-3-8-17-9-4-7-15(17)13-6-5-11(16)10-12(13)14(18)19-15;/h5-6,10H,2-4,7-9H2,1H3;1H. The molecule has 1 spiro atoms. The zero-order valence-electron chi connectivity index (χ0n) is 11.5. The number of carbonyl (C=O) groups excluding carboxylic acids is 1. The van der Waals surface area contributed by atoms with E-state index in [4.69, 9.17) is 11.6 Å². The number of carbonyl (C=O) groups is 1. The second-order valence-electron chi connectivity index (χ2n) is 5.31. The van der Waals surface area contributed by atoms with Crippen LogP contribution in [0, 0.1) is 0 Å². The SMILES string of the molecule is Br.CCCCN1CCCC12SC(=O)c1cc(Cl)ccc12. The summed E-state index contributed by atoms with van der Waals surface area (Å²) in [6.45, 7) is 4.39. The summed E-state index contributed by atoms with van der Waals surface area (Å²) in [7, 11) is 0. The molecule has 0 N–H and O–H groups in total. The molecular weight excluding hydrogens is 358 g/mol. The number of halogens is 2. The van der Waals surface area contributed by atoms with Crippen molar-refractivity contribution in [2.75, 3.05) is 13.1 Å². The van der Waals surface area contributed by atoms with Gasteiger partial charge in [-0.1, -0.05) is 42.8 Å². The van der Waals surface area contributed by atoms with E-state index in [1.807, 2.05) is 12.1 Å². The lowest BCUT2D eigenvalue weighted by molar-refractivity contribution is 0.109. The van der Waals surface area contributed by atoms with Crippen molar-refractivity contribution in [2.24, 2.45) is 0 Å². The molecule has 1 atom stereocenters. The van der Waals surface area contributed by atoms with Gasteiger partial charge in [0.2, 0.25) is 5.12 Å². The van der Waals surface area contributed by atoms with E-state index in [0.29, 0.717) is 5.02 Å². The second-order valence-corrected chi connectivity index (χ2v) is 6.99. The molecule has 3 rings (SSSR count). The molecule has 0 bridgehead atoms. The van der Waals surface area contributed by atoms with Gasteiger partial charge < -0.3 is 0 Å². The van der Waals surface area contributed by atoms with E-state index in [0.717, 1.165) is 25.1 Å². The topological polar surface area (TPSA) is 20.3 Å². The van der Waals surface area contributed by atoms with E-state index < -0.39 is 0 Å². The average Bonchev–Trinajstić information content (AvgIpc) is 2.91. The molecule has 2 nitrogen and oxygen atoms in total. The highest BCUT2D eigenvalue weighted by molar-refractivity contribution is 8.93. The molecule has 0 radical (unpaired) electrons. The predicted molar refractivity (Wildman–Crippen MR) is 91.1 cm³/mol. The zero-order chi connectivity index (χ0) is 13.5. The molecule has 110 valence electrons. The molecule has 1 fully saturated rings. The number of nitrogens with zero attached hydrogens (tertiary/aromatic N) is 1. The third-order valence-electron chi connectivity index (χ3n) is 4.12. The summed E-state index contributed by atoms with van der Waals surface area (Å²) >= 11 is 7.53. The molecule has 1 aromatic rings. The van der Waals surface area contributed by atoms with Crippen LogP contribution in [0.15, 0.2) is 18.2 Å². The Kier molecular flexibility index (Phi) is 5.22. The Morgan fingerprint density at radius 3 is 3.00 bits per heavy atom. The molecule has 0 aromatic heterocycles. The maximum Gasteiger partial charge on any atom is 0.221 e. The van der Waals surface area contributed by atoms with Crippen molar-refractivity contribution in [1.29, 1.82) is 0 Å². The lowest BCUT2D eigenvalue weighted by Gasteiger charge is -2.34. The van der Waals surface area contributed by atoms with Crippen molar-refractivity contribution in [2.45, 2.75) is 37.5 Å². The van der Waals surface area contributed by atoms with E-state index in [-0.39, 0.29) is 27.0 Å². The monoisotopic (exact) mass is 375 g/mol. The first kappa shape index (κ1) is 16.3. The van der Waals surface area contributed by atoms with Crippen molar-refractivity contribution < 1.29 is 4.79 Å². The highest BCUT2D eigenvalue weighted by Gasteiger charge is 2.50. The Morgan fingerprint density at radius 2 is 2.25 bits per heavy atom. The molecule has 20 heavy (non-hydrogen) atoms. The highest BCUT2D eigenvalue weighted by atomic mass is 79.9. The van der Waals surface area contributed by atoms with E-state index >= 15 is 0 Å². The smallest absolute Gasteiger partial charge is 0.221 e. The summed E-state index contributed by atoms with van der Waals surface area (Å²) in [6.07, 6.45) is 4.63. The van der Waals surface area contributed by atoms with Crippen LogP contribution in [0.25, 0.3) is 0 Å². The molecule has 0 amide bonds. The van der Waals surface area contributed by atoms with Crippen LogP contribution in [0.4, 0.5) is 0 Å². The fourth-order valence-electron chi connectivity index (χ4n) is 3.20. The quantitative estimate of drug-likeness (QED) is 0.752. The van der Waals surface area contributed by atoms with Gasteiger partial charge in [-0.3, -0.25) is 9.69 Å². The molecule has 1 saturated heterocycles. The average molecular weight is 377 g/mol. The summed E-state index contributed by atoms with van der Waals surface area (Å²) in [6, 6.07) is 5.80. The fraction of sp³-hybridized carbons (Fsp3) is 0.533. The minimum atomic E-state index is -0.105. The van der Waals surface area contributed by atoms with Crippen LogP contribution in [0.2, 0.25) is 5.02 Å². The Balaban J connectivity index is 0.00000147. The maximum atomic E-state index is 12.3. The van der Waals surface area contributed by atoms with Crippen LogP contribution < -0.4 is 0 Å². The predicted octanol–water partition coefficient (Wildman–Crippen LogP) is 4.85.